The Kier molecular flexibility index (Phi) is 4.49. The monoisotopic (exact) mass is 460 g/mol. The van der Waals surface area contributed by atoms with Gasteiger partial charge in [-0.15, -0.1) is 10.2 Å². The van der Waals surface area contributed by atoms with Gasteiger partial charge in [0.15, 0.2) is 11.6 Å². The number of hydrazone groups is 1. The maximum absolute atomic E-state index is 12.2. The van der Waals surface area contributed by atoms with E-state index in [0.29, 0.717) is 11.0 Å². The van der Waals surface area contributed by atoms with Crippen LogP contribution < -0.4 is 26.4 Å². The van der Waals surface area contributed by atoms with Crippen LogP contribution in [0.4, 0.5) is 10.5 Å². The quantitative estimate of drug-likeness (QED) is 0.638. The second-order valence-electron chi connectivity index (χ2n) is 8.14. The zero-order valence-corrected chi connectivity index (χ0v) is 17.8. The van der Waals surface area contributed by atoms with Crippen molar-refractivity contribution < 1.29 is 9.53 Å². The smallest absolute Gasteiger partial charge is 0.347 e. The van der Waals surface area contributed by atoms with E-state index in [-0.39, 0.29) is 50.4 Å². The first kappa shape index (κ1) is 19.9. The first-order chi connectivity index (χ1) is 14.7. The van der Waals surface area contributed by atoms with Gasteiger partial charge in [-0.25, -0.2) is 9.89 Å². The molecule has 2 aliphatic carbocycles. The number of anilines is 1. The summed E-state index contributed by atoms with van der Waals surface area (Å²) in [5, 5.41) is 14.2. The molecule has 0 bridgehead atoms. The van der Waals surface area contributed by atoms with Gasteiger partial charge in [-0.3, -0.25) is 4.79 Å². The van der Waals surface area contributed by atoms with Gasteiger partial charge in [0.25, 0.3) is 5.56 Å². The normalized spacial score (nSPS) is 19.7. The summed E-state index contributed by atoms with van der Waals surface area (Å²) in [5.74, 6) is 0.586. The van der Waals surface area contributed by atoms with E-state index in [1.807, 2.05) is 0 Å². The lowest BCUT2D eigenvalue weighted by Gasteiger charge is -2.35. The summed E-state index contributed by atoms with van der Waals surface area (Å²) in [6.45, 7) is 3.60. The third-order valence-electron chi connectivity index (χ3n) is 5.97. The van der Waals surface area contributed by atoms with E-state index in [1.54, 1.807) is 6.07 Å². The molecule has 11 heteroatoms. The van der Waals surface area contributed by atoms with Crippen molar-refractivity contribution in [1.82, 2.24) is 15.5 Å². The predicted molar refractivity (Wildman–Crippen MR) is 117 cm³/mol. The first-order valence-corrected chi connectivity index (χ1v) is 10.4. The molecule has 1 aliphatic heterocycles. The summed E-state index contributed by atoms with van der Waals surface area (Å²) in [6.07, 6.45) is 4.52. The zero-order chi connectivity index (χ0) is 21.9. The molecule has 31 heavy (non-hydrogen) atoms. The molecule has 0 unspecified atom stereocenters. The number of rotatable bonds is 4. The number of ether oxygens (including phenoxy) is 1. The van der Waals surface area contributed by atoms with Crippen LogP contribution in [-0.4, -0.2) is 22.1 Å². The molecular weight excluding hydrogens is 443 g/mol. The standard InChI is InChI=1S/C20H18Cl2N6O3/c1-9-17(23)27-28(19(30)24-9)11-4-13(21)16(14(22)5-11)31-15-6-12(18(29)26-25-15)10-7-20(8-10)2-3-20/h4-6,10H,1-3,7-8H2,(H2,23,27)(H,24,30)(H,26,29). The SMILES string of the molecule is C=C1NC(=O)N(c2cc(Cl)c(Oc3cc(C4CC5(CC5)C4)c(=O)[nH]n3)c(Cl)c2)N=C1N. The van der Waals surface area contributed by atoms with Gasteiger partial charge in [-0.2, -0.15) is 5.01 Å². The fourth-order valence-electron chi connectivity index (χ4n) is 4.05. The van der Waals surface area contributed by atoms with Crippen LogP contribution in [0.25, 0.3) is 0 Å². The number of benzene rings is 1. The number of amides is 2. The molecule has 2 heterocycles. The number of hydrogen-bond acceptors (Lipinski definition) is 6. The maximum Gasteiger partial charge on any atom is 0.347 e. The minimum Gasteiger partial charge on any atom is -0.434 e. The average Bonchev–Trinajstić information content (AvgIpc) is 3.49. The van der Waals surface area contributed by atoms with Crippen LogP contribution >= 0.6 is 23.2 Å². The Morgan fingerprint density at radius 3 is 2.52 bits per heavy atom. The van der Waals surface area contributed by atoms with Gasteiger partial charge in [0.2, 0.25) is 5.88 Å². The highest BCUT2D eigenvalue weighted by atomic mass is 35.5. The lowest BCUT2D eigenvalue weighted by molar-refractivity contribution is 0.235. The molecule has 1 aromatic heterocycles. The van der Waals surface area contributed by atoms with Crippen molar-refractivity contribution >= 4 is 40.8 Å². The molecule has 2 aromatic rings. The molecule has 5 rings (SSSR count). The third kappa shape index (κ3) is 3.53. The van der Waals surface area contributed by atoms with E-state index in [1.165, 1.54) is 25.0 Å². The molecule has 2 amide bonds. The Labute approximate surface area is 186 Å². The highest BCUT2D eigenvalue weighted by Gasteiger charge is 2.53. The number of halogens is 2. The van der Waals surface area contributed by atoms with Crippen LogP contribution in [-0.2, 0) is 0 Å². The van der Waals surface area contributed by atoms with Crippen LogP contribution in [0.2, 0.25) is 10.0 Å². The zero-order valence-electron chi connectivity index (χ0n) is 16.2. The number of urea groups is 1. The summed E-state index contributed by atoms with van der Waals surface area (Å²) in [5.41, 5.74) is 7.12. The number of amidine groups is 1. The molecule has 0 atom stereocenters. The van der Waals surface area contributed by atoms with E-state index >= 15 is 0 Å². The number of H-pyrrole nitrogens is 1. The van der Waals surface area contributed by atoms with Gasteiger partial charge in [0, 0.05) is 11.6 Å². The van der Waals surface area contributed by atoms with Crippen molar-refractivity contribution in [1.29, 1.82) is 0 Å². The third-order valence-corrected chi connectivity index (χ3v) is 6.53. The molecule has 2 saturated carbocycles. The molecule has 3 aliphatic rings. The Morgan fingerprint density at radius 1 is 1.19 bits per heavy atom. The van der Waals surface area contributed by atoms with Crippen LogP contribution in [0, 0.1) is 5.41 Å². The number of nitrogens with two attached hydrogens (primary N) is 1. The second kappa shape index (κ2) is 7.00. The molecule has 160 valence electrons. The van der Waals surface area contributed by atoms with Gasteiger partial charge in [0.1, 0.15) is 0 Å². The van der Waals surface area contributed by atoms with Crippen molar-refractivity contribution in [2.24, 2.45) is 16.3 Å². The maximum atomic E-state index is 12.2. The predicted octanol–water partition coefficient (Wildman–Crippen LogP) is 3.84. The Balaban J connectivity index is 1.41. The van der Waals surface area contributed by atoms with E-state index in [4.69, 9.17) is 33.7 Å². The summed E-state index contributed by atoms with van der Waals surface area (Å²) >= 11 is 12.7. The van der Waals surface area contributed by atoms with Gasteiger partial charge in [0.05, 0.1) is 21.4 Å². The summed E-state index contributed by atoms with van der Waals surface area (Å²) in [6, 6.07) is 4.00. The Bertz CT molecular complexity index is 1190. The van der Waals surface area contributed by atoms with Gasteiger partial charge >= 0.3 is 6.03 Å². The highest BCUT2D eigenvalue weighted by Crippen LogP contribution is 2.65. The summed E-state index contributed by atoms with van der Waals surface area (Å²) < 4.78 is 5.79. The van der Waals surface area contributed by atoms with Crippen LogP contribution in [0.3, 0.4) is 0 Å². The largest absolute Gasteiger partial charge is 0.434 e. The van der Waals surface area contributed by atoms with Crippen molar-refractivity contribution in [3.05, 3.63) is 56.4 Å². The van der Waals surface area contributed by atoms with Crippen molar-refractivity contribution in [2.75, 3.05) is 5.01 Å². The van der Waals surface area contributed by atoms with Crippen molar-refractivity contribution in [3.8, 4) is 11.6 Å². The summed E-state index contributed by atoms with van der Waals surface area (Å²) in [7, 11) is 0. The number of carbonyl (C=O) groups is 1. The number of aromatic amines is 1. The van der Waals surface area contributed by atoms with Gasteiger partial charge in [-0.1, -0.05) is 29.8 Å². The Hall–Kier alpha value is -3.04. The fourth-order valence-corrected chi connectivity index (χ4v) is 4.61. The minimum atomic E-state index is -0.555. The van der Waals surface area contributed by atoms with Crippen molar-refractivity contribution in [3.63, 3.8) is 0 Å². The second-order valence-corrected chi connectivity index (χ2v) is 8.96. The topological polar surface area (TPSA) is 126 Å². The highest BCUT2D eigenvalue weighted by molar-refractivity contribution is 6.37. The van der Waals surface area contributed by atoms with E-state index in [9.17, 15) is 9.59 Å². The van der Waals surface area contributed by atoms with Crippen LogP contribution in [0.5, 0.6) is 11.6 Å². The van der Waals surface area contributed by atoms with Crippen LogP contribution in [0.1, 0.15) is 37.2 Å². The first-order valence-electron chi connectivity index (χ1n) is 9.66. The average molecular weight is 461 g/mol. The van der Waals surface area contributed by atoms with Crippen molar-refractivity contribution in [2.45, 2.75) is 31.6 Å². The lowest BCUT2D eigenvalue weighted by Crippen LogP contribution is -2.45. The molecule has 9 nitrogen and oxygen atoms in total. The molecule has 2 fully saturated rings. The minimum absolute atomic E-state index is 0.0566. The number of carbonyl (C=O) groups excluding carboxylic acids is 1. The number of nitrogens with zero attached hydrogens (tertiary/aromatic N) is 3. The van der Waals surface area contributed by atoms with E-state index in [2.05, 4.69) is 27.2 Å². The number of hydrogen-bond donors (Lipinski definition) is 3. The number of aromatic nitrogens is 2. The summed E-state index contributed by atoms with van der Waals surface area (Å²) in [4.78, 5) is 24.4. The van der Waals surface area contributed by atoms with Gasteiger partial charge in [-0.05, 0) is 49.1 Å². The molecule has 1 aromatic carbocycles. The molecule has 0 radical (unpaired) electrons. The molecule has 4 N–H and O–H groups in total. The van der Waals surface area contributed by atoms with Crippen LogP contribution in [0.15, 0.2) is 40.4 Å². The lowest BCUT2D eigenvalue weighted by atomic mass is 9.69. The Morgan fingerprint density at radius 2 is 1.87 bits per heavy atom. The molecular formula is C20H18Cl2N6O3. The number of nitrogens with one attached hydrogen (secondary N) is 2. The fraction of sp³-hybridized carbons (Fsp3) is 0.300. The van der Waals surface area contributed by atoms with Gasteiger partial charge < -0.3 is 15.8 Å². The molecule has 0 saturated heterocycles. The molecule has 1 spiro atoms. The van der Waals surface area contributed by atoms with E-state index < -0.39 is 6.03 Å². The van der Waals surface area contributed by atoms with E-state index in [0.717, 1.165) is 17.9 Å².